The van der Waals surface area contributed by atoms with E-state index in [2.05, 4.69) is 16.3 Å². The lowest BCUT2D eigenvalue weighted by Crippen LogP contribution is -2.33. The van der Waals surface area contributed by atoms with Gasteiger partial charge in [-0.25, -0.2) is 0 Å². The highest BCUT2D eigenvalue weighted by atomic mass is 32.1. The standard InChI is InChI=1S/C22H25N3O3S/c1-27-14-8-9-19(28-2)16(11-14)18-6-4-10-25(18)13-21(26)24-22-17(12-23)15-5-3-7-20(15)29-22/h8-9,11,18H,3-7,10,13H2,1-2H3,(H,24,26)/t18-/m1/s1. The summed E-state index contributed by atoms with van der Waals surface area (Å²) >= 11 is 1.56. The molecule has 1 aromatic heterocycles. The number of benzene rings is 1. The van der Waals surface area contributed by atoms with E-state index in [9.17, 15) is 10.1 Å². The molecular formula is C22H25N3O3S. The van der Waals surface area contributed by atoms with Gasteiger partial charge in [0, 0.05) is 16.5 Å². The molecule has 1 atom stereocenters. The third-order valence-corrected chi connectivity index (χ3v) is 7.00. The van der Waals surface area contributed by atoms with Crippen LogP contribution in [0.4, 0.5) is 5.00 Å². The number of hydrogen-bond acceptors (Lipinski definition) is 6. The van der Waals surface area contributed by atoms with E-state index in [1.807, 2.05) is 18.2 Å². The van der Waals surface area contributed by atoms with Gasteiger partial charge in [-0.3, -0.25) is 9.69 Å². The molecule has 1 amide bonds. The number of fused-ring (bicyclic) bond motifs is 1. The number of nitrogens with one attached hydrogen (secondary N) is 1. The lowest BCUT2D eigenvalue weighted by atomic mass is 10.0. The minimum absolute atomic E-state index is 0.0739. The smallest absolute Gasteiger partial charge is 0.239 e. The lowest BCUT2D eigenvalue weighted by Gasteiger charge is -2.26. The maximum absolute atomic E-state index is 12.8. The number of ether oxygens (including phenoxy) is 2. The minimum Gasteiger partial charge on any atom is -0.497 e. The van der Waals surface area contributed by atoms with Gasteiger partial charge >= 0.3 is 0 Å². The first-order valence-electron chi connectivity index (χ1n) is 9.95. The highest BCUT2D eigenvalue weighted by Gasteiger charge is 2.31. The average molecular weight is 412 g/mol. The third kappa shape index (κ3) is 3.83. The summed E-state index contributed by atoms with van der Waals surface area (Å²) < 4.78 is 10.9. The molecule has 2 aromatic rings. The molecule has 152 valence electrons. The lowest BCUT2D eigenvalue weighted by molar-refractivity contribution is -0.117. The number of nitrogens with zero attached hydrogens (tertiary/aromatic N) is 2. The number of rotatable bonds is 6. The summed E-state index contributed by atoms with van der Waals surface area (Å²) in [6, 6.07) is 8.19. The van der Waals surface area contributed by atoms with Gasteiger partial charge in [0.25, 0.3) is 0 Å². The molecule has 0 unspecified atom stereocenters. The Morgan fingerprint density at radius 1 is 1.31 bits per heavy atom. The Hall–Kier alpha value is -2.56. The van der Waals surface area contributed by atoms with Crippen molar-refractivity contribution in [2.45, 2.75) is 38.1 Å². The number of carbonyl (C=O) groups is 1. The van der Waals surface area contributed by atoms with Crippen LogP contribution in [0.5, 0.6) is 11.5 Å². The molecule has 6 nitrogen and oxygen atoms in total. The molecule has 7 heteroatoms. The fourth-order valence-corrected chi connectivity index (χ4v) is 5.68. The third-order valence-electron chi connectivity index (χ3n) is 5.79. The number of anilines is 1. The second kappa shape index (κ2) is 8.44. The fraction of sp³-hybridized carbons (Fsp3) is 0.455. The molecule has 2 aliphatic rings. The van der Waals surface area contributed by atoms with E-state index < -0.39 is 0 Å². The van der Waals surface area contributed by atoms with Crippen LogP contribution < -0.4 is 14.8 Å². The Balaban J connectivity index is 1.50. The summed E-state index contributed by atoms with van der Waals surface area (Å²) in [5, 5.41) is 13.2. The van der Waals surface area contributed by atoms with Crippen molar-refractivity contribution in [1.82, 2.24) is 4.90 Å². The van der Waals surface area contributed by atoms with Crippen molar-refractivity contribution in [3.05, 3.63) is 39.8 Å². The molecule has 0 radical (unpaired) electrons. The second-order valence-corrected chi connectivity index (χ2v) is 8.56. The number of thiophene rings is 1. The van der Waals surface area contributed by atoms with Gasteiger partial charge in [-0.1, -0.05) is 0 Å². The van der Waals surface area contributed by atoms with Crippen LogP contribution in [-0.4, -0.2) is 38.1 Å². The molecule has 1 fully saturated rings. The number of hydrogen-bond donors (Lipinski definition) is 1. The van der Waals surface area contributed by atoms with Gasteiger partial charge in [0.2, 0.25) is 5.91 Å². The van der Waals surface area contributed by atoms with E-state index in [1.54, 1.807) is 25.6 Å². The summed E-state index contributed by atoms with van der Waals surface area (Å²) in [6.07, 6.45) is 5.04. The number of methoxy groups -OCH3 is 2. The van der Waals surface area contributed by atoms with Crippen molar-refractivity contribution < 1.29 is 14.3 Å². The molecule has 2 heterocycles. The predicted molar refractivity (Wildman–Crippen MR) is 113 cm³/mol. The second-order valence-electron chi connectivity index (χ2n) is 7.46. The molecule has 4 rings (SSSR count). The Morgan fingerprint density at radius 2 is 2.17 bits per heavy atom. The summed E-state index contributed by atoms with van der Waals surface area (Å²) in [4.78, 5) is 16.2. The highest BCUT2D eigenvalue weighted by molar-refractivity contribution is 7.16. The van der Waals surface area contributed by atoms with Gasteiger partial charge < -0.3 is 14.8 Å². The van der Waals surface area contributed by atoms with Gasteiger partial charge in [0.15, 0.2) is 0 Å². The van der Waals surface area contributed by atoms with Crippen LogP contribution in [0, 0.1) is 11.3 Å². The molecule has 1 saturated heterocycles. The van der Waals surface area contributed by atoms with Gasteiger partial charge in [0.1, 0.15) is 22.6 Å². The van der Waals surface area contributed by atoms with E-state index in [0.29, 0.717) is 17.1 Å². The first-order valence-corrected chi connectivity index (χ1v) is 10.8. The van der Waals surface area contributed by atoms with E-state index in [1.165, 1.54) is 4.88 Å². The summed E-state index contributed by atoms with van der Waals surface area (Å²) in [7, 11) is 3.31. The maximum Gasteiger partial charge on any atom is 0.239 e. The van der Waals surface area contributed by atoms with Crippen LogP contribution in [-0.2, 0) is 17.6 Å². The number of likely N-dealkylation sites (tertiary alicyclic amines) is 1. The van der Waals surface area contributed by atoms with E-state index >= 15 is 0 Å². The summed E-state index contributed by atoms with van der Waals surface area (Å²) in [5.74, 6) is 1.52. The van der Waals surface area contributed by atoms with Crippen LogP contribution in [0.1, 0.15) is 46.9 Å². The molecule has 1 N–H and O–H groups in total. The van der Waals surface area contributed by atoms with Crippen molar-refractivity contribution in [2.75, 3.05) is 32.6 Å². The quantitative estimate of drug-likeness (QED) is 0.780. The highest BCUT2D eigenvalue weighted by Crippen LogP contribution is 2.40. The Morgan fingerprint density at radius 3 is 2.93 bits per heavy atom. The van der Waals surface area contributed by atoms with Crippen molar-refractivity contribution in [2.24, 2.45) is 0 Å². The Labute approximate surface area is 175 Å². The molecular weight excluding hydrogens is 386 g/mol. The van der Waals surface area contributed by atoms with Crippen LogP contribution in [0.25, 0.3) is 0 Å². The minimum atomic E-state index is -0.0739. The number of carbonyl (C=O) groups excluding carboxylic acids is 1. The number of nitriles is 1. The van der Waals surface area contributed by atoms with Gasteiger partial charge in [-0.05, 0) is 62.4 Å². The van der Waals surface area contributed by atoms with Gasteiger partial charge in [-0.15, -0.1) is 11.3 Å². The SMILES string of the molecule is COc1ccc(OC)c([C@H]2CCCN2CC(=O)Nc2sc3c(c2C#N)CCC3)c1. The topological polar surface area (TPSA) is 74.6 Å². The Bertz CT molecular complexity index is 963. The normalized spacial score (nSPS) is 18.3. The number of amides is 1. The first-order chi connectivity index (χ1) is 14.1. The number of aryl methyl sites for hydroxylation is 1. The van der Waals surface area contributed by atoms with Crippen molar-refractivity contribution in [1.29, 1.82) is 5.26 Å². The zero-order valence-electron chi connectivity index (χ0n) is 16.8. The van der Waals surface area contributed by atoms with E-state index in [-0.39, 0.29) is 11.9 Å². The summed E-state index contributed by atoms with van der Waals surface area (Å²) in [5.41, 5.74) is 2.83. The zero-order chi connectivity index (χ0) is 20.4. The van der Waals surface area contributed by atoms with Crippen LogP contribution in [0.3, 0.4) is 0 Å². The molecule has 1 aliphatic heterocycles. The van der Waals surface area contributed by atoms with Crippen LogP contribution in [0.15, 0.2) is 18.2 Å². The van der Waals surface area contributed by atoms with Crippen molar-refractivity contribution in [3.8, 4) is 17.6 Å². The molecule has 0 spiro atoms. The Kier molecular flexibility index (Phi) is 5.74. The fourth-order valence-electron chi connectivity index (χ4n) is 4.43. The monoisotopic (exact) mass is 411 g/mol. The molecule has 0 bridgehead atoms. The molecule has 1 aromatic carbocycles. The first kappa shape index (κ1) is 19.7. The molecule has 1 aliphatic carbocycles. The molecule has 29 heavy (non-hydrogen) atoms. The van der Waals surface area contributed by atoms with Gasteiger partial charge in [-0.2, -0.15) is 5.26 Å². The van der Waals surface area contributed by atoms with Crippen molar-refractivity contribution in [3.63, 3.8) is 0 Å². The average Bonchev–Trinajstić information content (AvgIpc) is 3.43. The van der Waals surface area contributed by atoms with E-state index in [0.717, 1.165) is 61.3 Å². The summed E-state index contributed by atoms with van der Waals surface area (Å²) in [6.45, 7) is 1.14. The van der Waals surface area contributed by atoms with E-state index in [4.69, 9.17) is 9.47 Å². The maximum atomic E-state index is 12.8. The van der Waals surface area contributed by atoms with Crippen LogP contribution >= 0.6 is 11.3 Å². The largest absolute Gasteiger partial charge is 0.497 e. The van der Waals surface area contributed by atoms with Crippen LogP contribution in [0.2, 0.25) is 0 Å². The zero-order valence-corrected chi connectivity index (χ0v) is 17.6. The predicted octanol–water partition coefficient (Wildman–Crippen LogP) is 3.90. The van der Waals surface area contributed by atoms with Crippen molar-refractivity contribution >= 4 is 22.2 Å². The van der Waals surface area contributed by atoms with Gasteiger partial charge in [0.05, 0.1) is 26.3 Å². The molecule has 0 saturated carbocycles.